The summed E-state index contributed by atoms with van der Waals surface area (Å²) < 4.78 is 31.9. The summed E-state index contributed by atoms with van der Waals surface area (Å²) in [5.41, 5.74) is 0.987. The van der Waals surface area contributed by atoms with Gasteiger partial charge in [0, 0.05) is 17.4 Å². The summed E-state index contributed by atoms with van der Waals surface area (Å²) in [6.45, 7) is 8.57. The molecule has 1 rings (SSSR count). The van der Waals surface area contributed by atoms with E-state index in [0.717, 1.165) is 0 Å². The van der Waals surface area contributed by atoms with Crippen LogP contribution < -0.4 is 4.72 Å². The zero-order valence-corrected chi connectivity index (χ0v) is 12.6. The molecule has 7 heteroatoms. The first kappa shape index (κ1) is 15.7. The van der Waals surface area contributed by atoms with Crippen molar-refractivity contribution < 1.29 is 17.9 Å². The van der Waals surface area contributed by atoms with Crippen molar-refractivity contribution in [3.05, 3.63) is 17.0 Å². The Morgan fingerprint density at radius 3 is 2.37 bits per heavy atom. The minimum atomic E-state index is -3.75. The van der Waals surface area contributed by atoms with Crippen molar-refractivity contribution in [2.45, 2.75) is 45.6 Å². The number of hydrogen-bond acceptors (Lipinski definition) is 4. The maximum atomic E-state index is 12.3. The number of hydrogen-bond donors (Lipinski definition) is 2. The van der Waals surface area contributed by atoms with Gasteiger partial charge in [0.2, 0.25) is 10.0 Å². The van der Waals surface area contributed by atoms with Gasteiger partial charge >= 0.3 is 5.97 Å². The first-order valence-corrected chi connectivity index (χ1v) is 7.57. The molecule has 0 spiro atoms. The van der Waals surface area contributed by atoms with Gasteiger partial charge in [-0.25, -0.2) is 17.9 Å². The number of aromatic amines is 1. The van der Waals surface area contributed by atoms with Crippen molar-refractivity contribution in [3.63, 3.8) is 0 Å². The Bertz CT molecular complexity index is 573. The minimum Gasteiger partial charge on any atom is -0.462 e. The molecule has 0 amide bonds. The molecular weight excluding hydrogens is 268 g/mol. The van der Waals surface area contributed by atoms with Crippen molar-refractivity contribution >= 4 is 16.0 Å². The van der Waals surface area contributed by atoms with E-state index in [-0.39, 0.29) is 23.1 Å². The zero-order valence-electron chi connectivity index (χ0n) is 11.8. The van der Waals surface area contributed by atoms with Gasteiger partial charge in [-0.1, -0.05) is 0 Å². The van der Waals surface area contributed by atoms with E-state index in [4.69, 9.17) is 4.74 Å². The summed E-state index contributed by atoms with van der Waals surface area (Å²) in [6.07, 6.45) is 0. The highest BCUT2D eigenvalue weighted by Crippen LogP contribution is 2.24. The van der Waals surface area contributed by atoms with Crippen LogP contribution in [0.3, 0.4) is 0 Å². The maximum Gasteiger partial charge on any atom is 0.341 e. The maximum absolute atomic E-state index is 12.3. The monoisotopic (exact) mass is 288 g/mol. The van der Waals surface area contributed by atoms with Crippen LogP contribution in [-0.4, -0.2) is 32.0 Å². The molecular formula is C12H20N2O4S. The summed E-state index contributed by atoms with van der Waals surface area (Å²) in [6, 6.07) is -0.255. The smallest absolute Gasteiger partial charge is 0.341 e. The van der Waals surface area contributed by atoms with Crippen LogP contribution in [0.5, 0.6) is 0 Å². The predicted molar refractivity (Wildman–Crippen MR) is 71.7 cm³/mol. The number of aryl methyl sites for hydroxylation is 2. The van der Waals surface area contributed by atoms with Crippen LogP contribution in [0.15, 0.2) is 4.90 Å². The third kappa shape index (κ3) is 3.36. The standard InChI is InChI=1S/C12H20N2O4S/c1-6-18-12(15)10-8(4)13-9(5)11(10)19(16,17)14-7(2)3/h7,13-14H,6H2,1-5H3. The molecule has 0 radical (unpaired) electrons. The van der Waals surface area contributed by atoms with E-state index in [2.05, 4.69) is 9.71 Å². The predicted octanol–water partition coefficient (Wildman–Crippen LogP) is 1.49. The van der Waals surface area contributed by atoms with Gasteiger partial charge in [-0.2, -0.15) is 0 Å². The van der Waals surface area contributed by atoms with E-state index in [1.165, 1.54) is 0 Å². The minimum absolute atomic E-state index is 0.0304. The van der Waals surface area contributed by atoms with Gasteiger partial charge in [0.1, 0.15) is 10.5 Å². The van der Waals surface area contributed by atoms with E-state index < -0.39 is 16.0 Å². The lowest BCUT2D eigenvalue weighted by Gasteiger charge is -2.11. The van der Waals surface area contributed by atoms with E-state index in [1.807, 2.05) is 0 Å². The molecule has 1 aromatic heterocycles. The first-order chi connectivity index (χ1) is 8.70. The molecule has 0 saturated heterocycles. The summed E-state index contributed by atoms with van der Waals surface area (Å²) in [4.78, 5) is 14.7. The number of sulfonamides is 1. The number of ether oxygens (including phenoxy) is 1. The summed E-state index contributed by atoms with van der Waals surface area (Å²) >= 11 is 0. The second-order valence-electron chi connectivity index (χ2n) is 4.58. The largest absolute Gasteiger partial charge is 0.462 e. The third-order valence-electron chi connectivity index (χ3n) is 2.46. The first-order valence-electron chi connectivity index (χ1n) is 6.09. The van der Waals surface area contributed by atoms with Crippen LogP contribution >= 0.6 is 0 Å². The summed E-state index contributed by atoms with van der Waals surface area (Å²) in [5, 5.41) is 0. The number of carbonyl (C=O) groups excluding carboxylic acids is 1. The third-order valence-corrected chi connectivity index (χ3v) is 4.29. The molecule has 0 aliphatic carbocycles. The molecule has 19 heavy (non-hydrogen) atoms. The van der Waals surface area contributed by atoms with E-state index in [0.29, 0.717) is 11.4 Å². The molecule has 0 fully saturated rings. The van der Waals surface area contributed by atoms with Gasteiger partial charge in [0.25, 0.3) is 0 Å². The highest BCUT2D eigenvalue weighted by Gasteiger charge is 2.30. The molecule has 108 valence electrons. The van der Waals surface area contributed by atoms with Crippen LogP contribution in [0.2, 0.25) is 0 Å². The van der Waals surface area contributed by atoms with Crippen LogP contribution in [-0.2, 0) is 14.8 Å². The Morgan fingerprint density at radius 1 is 1.32 bits per heavy atom. The fraction of sp³-hybridized carbons (Fsp3) is 0.583. The second kappa shape index (κ2) is 5.75. The molecule has 1 heterocycles. The Labute approximate surface area is 113 Å². The fourth-order valence-corrected chi connectivity index (χ4v) is 3.61. The number of esters is 1. The quantitative estimate of drug-likeness (QED) is 0.804. The van der Waals surface area contributed by atoms with Gasteiger partial charge in [0.05, 0.1) is 6.61 Å². The molecule has 2 N–H and O–H groups in total. The molecule has 0 aromatic carbocycles. The van der Waals surface area contributed by atoms with Crippen molar-refractivity contribution in [2.75, 3.05) is 6.61 Å². The molecule has 0 saturated carbocycles. The Hall–Kier alpha value is -1.34. The van der Waals surface area contributed by atoms with Crippen molar-refractivity contribution in [2.24, 2.45) is 0 Å². The summed E-state index contributed by atoms with van der Waals surface area (Å²) in [5.74, 6) is -0.631. The van der Waals surface area contributed by atoms with Crippen molar-refractivity contribution in [1.82, 2.24) is 9.71 Å². The van der Waals surface area contributed by atoms with Gasteiger partial charge in [-0.05, 0) is 34.6 Å². The average molecular weight is 288 g/mol. The van der Waals surface area contributed by atoms with Gasteiger partial charge in [0.15, 0.2) is 0 Å². The van der Waals surface area contributed by atoms with Crippen LogP contribution in [0.1, 0.15) is 42.5 Å². The molecule has 0 atom stereocenters. The molecule has 0 aliphatic rings. The number of carbonyl (C=O) groups is 1. The number of rotatable bonds is 5. The number of H-pyrrole nitrogens is 1. The molecule has 0 unspecified atom stereocenters. The topological polar surface area (TPSA) is 88.3 Å². The second-order valence-corrected chi connectivity index (χ2v) is 6.23. The van der Waals surface area contributed by atoms with Crippen LogP contribution in [0.25, 0.3) is 0 Å². The lowest BCUT2D eigenvalue weighted by molar-refractivity contribution is 0.0521. The van der Waals surface area contributed by atoms with Crippen molar-refractivity contribution in [3.8, 4) is 0 Å². The number of nitrogens with one attached hydrogen (secondary N) is 2. The molecule has 6 nitrogen and oxygen atoms in total. The Kier molecular flexibility index (Phi) is 4.75. The SMILES string of the molecule is CCOC(=O)c1c(C)[nH]c(C)c1S(=O)(=O)NC(C)C. The normalized spacial score (nSPS) is 11.9. The lowest BCUT2D eigenvalue weighted by Crippen LogP contribution is -2.31. The average Bonchev–Trinajstić information content (AvgIpc) is 2.52. The Balaban J connectivity index is 3.39. The van der Waals surface area contributed by atoms with Crippen LogP contribution in [0, 0.1) is 13.8 Å². The molecule has 0 aliphatic heterocycles. The van der Waals surface area contributed by atoms with Crippen molar-refractivity contribution in [1.29, 1.82) is 0 Å². The Morgan fingerprint density at radius 2 is 1.89 bits per heavy atom. The van der Waals surface area contributed by atoms with Gasteiger partial charge in [-0.3, -0.25) is 0 Å². The number of aromatic nitrogens is 1. The van der Waals surface area contributed by atoms with Crippen LogP contribution in [0.4, 0.5) is 0 Å². The molecule has 0 bridgehead atoms. The van der Waals surface area contributed by atoms with E-state index in [1.54, 1.807) is 34.6 Å². The summed E-state index contributed by atoms with van der Waals surface area (Å²) in [7, 11) is -3.75. The lowest BCUT2D eigenvalue weighted by atomic mass is 10.2. The zero-order chi connectivity index (χ0) is 14.8. The van der Waals surface area contributed by atoms with Gasteiger partial charge in [-0.15, -0.1) is 0 Å². The molecule has 1 aromatic rings. The van der Waals surface area contributed by atoms with Gasteiger partial charge < -0.3 is 9.72 Å². The van der Waals surface area contributed by atoms with E-state index >= 15 is 0 Å². The fourth-order valence-electron chi connectivity index (χ4n) is 1.91. The van der Waals surface area contributed by atoms with E-state index in [9.17, 15) is 13.2 Å². The highest BCUT2D eigenvalue weighted by atomic mass is 32.2. The highest BCUT2D eigenvalue weighted by molar-refractivity contribution is 7.89.